The van der Waals surface area contributed by atoms with Gasteiger partial charge in [-0.15, -0.1) is 0 Å². The van der Waals surface area contributed by atoms with E-state index in [1.807, 2.05) is 108 Å². The number of carbonyl (C=O) groups excluding carboxylic acids is 2. The second kappa shape index (κ2) is 13.4. The zero-order valence-electron chi connectivity index (χ0n) is 25.7. The van der Waals surface area contributed by atoms with E-state index < -0.39 is 5.97 Å². The predicted molar refractivity (Wildman–Crippen MR) is 184 cm³/mol. The van der Waals surface area contributed by atoms with Crippen molar-refractivity contribution in [3.63, 3.8) is 0 Å². The molecule has 0 atom stereocenters. The summed E-state index contributed by atoms with van der Waals surface area (Å²) in [5.74, 6) is -0.473. The Bertz CT molecular complexity index is 2010. The van der Waals surface area contributed by atoms with Gasteiger partial charge in [0.05, 0.1) is 34.5 Å². The minimum atomic E-state index is -0.472. The Morgan fingerprint density at radius 1 is 0.804 bits per heavy atom. The number of benzene rings is 5. The summed E-state index contributed by atoms with van der Waals surface area (Å²) >= 11 is 0. The summed E-state index contributed by atoms with van der Waals surface area (Å²) in [6, 6.07) is 39.8. The predicted octanol–water partition coefficient (Wildman–Crippen LogP) is 8.75. The van der Waals surface area contributed by atoms with E-state index in [0.717, 1.165) is 56.1 Å². The Balaban J connectivity index is 1.43. The molecule has 0 aliphatic heterocycles. The molecule has 1 heterocycles. The maximum absolute atomic E-state index is 12.1. The second-order valence-electron chi connectivity index (χ2n) is 11.1. The van der Waals surface area contributed by atoms with Crippen LogP contribution in [0.3, 0.4) is 0 Å². The van der Waals surface area contributed by atoms with Gasteiger partial charge in [-0.1, -0.05) is 69.0 Å². The van der Waals surface area contributed by atoms with Crippen LogP contribution in [0.5, 0.6) is 5.75 Å². The number of aromatic nitrogens is 1. The summed E-state index contributed by atoms with van der Waals surface area (Å²) in [5, 5.41) is 8.82. The number of carbonyl (C=O) groups is 2. The summed E-state index contributed by atoms with van der Waals surface area (Å²) in [4.78, 5) is 23.9. The average Bonchev–Trinajstić information content (AvgIpc) is 3.41. The molecule has 46 heavy (non-hydrogen) atoms. The highest BCUT2D eigenvalue weighted by atomic mass is 16.5. The molecule has 0 N–H and O–H groups in total. The number of hydrazone groups is 1. The van der Waals surface area contributed by atoms with Gasteiger partial charge in [0.1, 0.15) is 12.4 Å². The number of ether oxygens (including phenoxy) is 2. The first-order chi connectivity index (χ1) is 22.4. The Labute approximate surface area is 267 Å². The third kappa shape index (κ3) is 6.44. The van der Waals surface area contributed by atoms with Crippen LogP contribution in [-0.2, 0) is 20.9 Å². The Kier molecular flexibility index (Phi) is 8.74. The summed E-state index contributed by atoms with van der Waals surface area (Å²) in [6.45, 7) is 7.23. The van der Waals surface area contributed by atoms with Gasteiger partial charge < -0.3 is 14.0 Å². The summed E-state index contributed by atoms with van der Waals surface area (Å²) in [6.07, 6.45) is 3.02. The first-order valence-corrected chi connectivity index (χ1v) is 15.0. The van der Waals surface area contributed by atoms with Gasteiger partial charge in [-0.05, 0) is 83.9 Å². The minimum absolute atomic E-state index is 0.133. The number of fused-ring (bicyclic) bond motifs is 3. The molecule has 0 aliphatic carbocycles. The third-order valence-electron chi connectivity index (χ3n) is 7.51. The molecule has 6 aromatic rings. The lowest BCUT2D eigenvalue weighted by atomic mass is 10.1. The molecule has 0 unspecified atom stereocenters. The molecular formula is C39H33N3O4. The van der Waals surface area contributed by atoms with E-state index in [9.17, 15) is 9.59 Å². The van der Waals surface area contributed by atoms with Crippen molar-refractivity contribution in [1.82, 2.24) is 4.57 Å². The van der Waals surface area contributed by atoms with Crippen LogP contribution in [0.1, 0.15) is 25.0 Å². The van der Waals surface area contributed by atoms with Crippen molar-refractivity contribution in [1.29, 1.82) is 0 Å². The first-order valence-electron chi connectivity index (χ1n) is 15.0. The fraction of sp³-hybridized carbons (Fsp3) is 0.103. The number of esters is 2. The fourth-order valence-electron chi connectivity index (χ4n) is 5.19. The van der Waals surface area contributed by atoms with Crippen molar-refractivity contribution < 1.29 is 19.1 Å². The van der Waals surface area contributed by atoms with Gasteiger partial charge in [-0.25, -0.2) is 9.80 Å². The lowest BCUT2D eigenvalue weighted by Crippen LogP contribution is -2.14. The van der Waals surface area contributed by atoms with Crippen LogP contribution in [-0.4, -0.2) is 22.7 Å². The largest absolute Gasteiger partial charge is 0.458 e. The number of para-hydroxylation sites is 2. The zero-order valence-corrected chi connectivity index (χ0v) is 25.7. The van der Waals surface area contributed by atoms with Crippen LogP contribution in [0.2, 0.25) is 0 Å². The third-order valence-corrected chi connectivity index (χ3v) is 7.51. The van der Waals surface area contributed by atoms with E-state index in [-0.39, 0.29) is 18.5 Å². The normalized spacial score (nSPS) is 11.3. The van der Waals surface area contributed by atoms with Crippen LogP contribution in [0, 0.1) is 5.92 Å². The van der Waals surface area contributed by atoms with Gasteiger partial charge in [0, 0.05) is 22.5 Å². The highest BCUT2D eigenvalue weighted by Gasteiger charge is 2.16. The molecule has 6 rings (SSSR count). The Morgan fingerprint density at radius 2 is 1.41 bits per heavy atom. The van der Waals surface area contributed by atoms with Crippen molar-refractivity contribution in [2.45, 2.75) is 20.5 Å². The van der Waals surface area contributed by atoms with Crippen molar-refractivity contribution >= 4 is 51.3 Å². The topological polar surface area (TPSA) is 73.1 Å². The molecule has 0 saturated carbocycles. The smallest absolute Gasteiger partial charge is 0.330 e. The van der Waals surface area contributed by atoms with Crippen LogP contribution in [0.4, 0.5) is 11.4 Å². The van der Waals surface area contributed by atoms with Gasteiger partial charge in [-0.2, -0.15) is 5.10 Å². The number of nitrogens with zero attached hydrogens (tertiary/aromatic N) is 3. The van der Waals surface area contributed by atoms with Gasteiger partial charge in [0.25, 0.3) is 0 Å². The van der Waals surface area contributed by atoms with Crippen LogP contribution < -0.4 is 9.75 Å². The van der Waals surface area contributed by atoms with E-state index in [1.165, 1.54) is 0 Å². The van der Waals surface area contributed by atoms with E-state index in [4.69, 9.17) is 14.6 Å². The lowest BCUT2D eigenvalue weighted by Gasteiger charge is -2.19. The van der Waals surface area contributed by atoms with E-state index in [0.29, 0.717) is 5.75 Å². The summed E-state index contributed by atoms with van der Waals surface area (Å²) in [7, 11) is 0. The molecule has 1 aromatic heterocycles. The zero-order chi connectivity index (χ0) is 32.0. The minimum Gasteiger partial charge on any atom is -0.458 e. The van der Waals surface area contributed by atoms with E-state index in [2.05, 4.69) is 23.3 Å². The highest BCUT2D eigenvalue weighted by molar-refractivity contribution is 6.11. The maximum Gasteiger partial charge on any atom is 0.330 e. The Hall–Kier alpha value is -5.95. The lowest BCUT2D eigenvalue weighted by molar-refractivity contribution is -0.139. The maximum atomic E-state index is 12.1. The standard InChI is InChI=1S/C39H33N3O4/c1-4-38(43)45-26-29-16-22-37-35(24-29)34-23-28(25-40-42(31-11-7-5-8-12-31)32-13-9-6-10-14-32)15-21-36(34)41(37)30-17-19-33(20-18-30)46-39(44)27(2)3/h4-25,27H,1,26H2,2-3H3. The van der Waals surface area contributed by atoms with Gasteiger partial charge >= 0.3 is 11.9 Å². The molecule has 228 valence electrons. The number of hydrogen-bond acceptors (Lipinski definition) is 6. The number of anilines is 2. The van der Waals surface area contributed by atoms with Crippen molar-refractivity contribution in [3.05, 3.63) is 145 Å². The van der Waals surface area contributed by atoms with Crippen molar-refractivity contribution in [2.24, 2.45) is 11.0 Å². The van der Waals surface area contributed by atoms with Gasteiger partial charge in [0.2, 0.25) is 0 Å². The van der Waals surface area contributed by atoms with Crippen molar-refractivity contribution in [3.8, 4) is 11.4 Å². The molecule has 7 heteroatoms. The highest BCUT2D eigenvalue weighted by Crippen LogP contribution is 2.34. The second-order valence-corrected chi connectivity index (χ2v) is 11.1. The molecule has 0 saturated heterocycles. The SMILES string of the molecule is C=CC(=O)OCc1ccc2c(c1)c1cc(C=NN(c3ccccc3)c3ccccc3)ccc1n2-c1ccc(OC(=O)C(C)C)cc1. The van der Waals surface area contributed by atoms with Crippen LogP contribution in [0.15, 0.2) is 139 Å². The van der Waals surface area contributed by atoms with E-state index >= 15 is 0 Å². The van der Waals surface area contributed by atoms with E-state index in [1.54, 1.807) is 26.0 Å². The van der Waals surface area contributed by atoms with Gasteiger partial charge in [0.15, 0.2) is 0 Å². The molecule has 0 fully saturated rings. The van der Waals surface area contributed by atoms with Crippen LogP contribution >= 0.6 is 0 Å². The summed E-state index contributed by atoms with van der Waals surface area (Å²) < 4.78 is 13.0. The molecule has 7 nitrogen and oxygen atoms in total. The Morgan fingerprint density at radius 3 is 2.02 bits per heavy atom. The molecule has 5 aromatic carbocycles. The average molecular weight is 608 g/mol. The number of hydrogen-bond donors (Lipinski definition) is 0. The van der Waals surface area contributed by atoms with Crippen molar-refractivity contribution in [2.75, 3.05) is 5.01 Å². The molecule has 0 amide bonds. The molecule has 0 bridgehead atoms. The van der Waals surface area contributed by atoms with Gasteiger partial charge in [-0.3, -0.25) is 4.79 Å². The molecule has 0 spiro atoms. The quantitative estimate of drug-likeness (QED) is 0.0512. The first kappa shape index (κ1) is 30.1. The number of rotatable bonds is 10. The fourth-order valence-corrected chi connectivity index (χ4v) is 5.19. The monoisotopic (exact) mass is 607 g/mol. The molecular weight excluding hydrogens is 574 g/mol. The molecule has 0 aliphatic rings. The summed E-state index contributed by atoms with van der Waals surface area (Å²) in [5.41, 5.74) is 6.55. The molecule has 0 radical (unpaired) electrons. The van der Waals surface area contributed by atoms with Crippen LogP contribution in [0.25, 0.3) is 27.5 Å².